The van der Waals surface area contributed by atoms with Crippen LogP contribution >= 0.6 is 0 Å². The zero-order valence-electron chi connectivity index (χ0n) is 10.7. The SMILES string of the molecule is CC(C)(CNC(=O)CCC#N)c1cccc(F)c1. The molecule has 1 aromatic carbocycles. The number of halogens is 1. The van der Waals surface area contributed by atoms with Crippen molar-refractivity contribution in [2.45, 2.75) is 32.1 Å². The van der Waals surface area contributed by atoms with Crippen molar-refractivity contribution in [2.75, 3.05) is 6.54 Å². The second-order valence-electron chi connectivity index (χ2n) is 4.83. The second kappa shape index (κ2) is 6.15. The van der Waals surface area contributed by atoms with Gasteiger partial charge in [-0.05, 0) is 17.7 Å². The number of hydrogen-bond donors (Lipinski definition) is 1. The Morgan fingerprint density at radius 3 is 2.83 bits per heavy atom. The number of hydrogen-bond acceptors (Lipinski definition) is 2. The molecule has 0 bridgehead atoms. The third-order valence-electron chi connectivity index (χ3n) is 2.80. The van der Waals surface area contributed by atoms with Gasteiger partial charge in [0.2, 0.25) is 5.91 Å². The molecular weight excluding hydrogens is 231 g/mol. The predicted octanol–water partition coefficient (Wildman–Crippen LogP) is 2.52. The molecule has 1 amide bonds. The van der Waals surface area contributed by atoms with E-state index in [1.807, 2.05) is 26.0 Å². The first-order valence-electron chi connectivity index (χ1n) is 5.85. The standard InChI is InChI=1S/C14H17FN2O/c1-14(2,10-17-13(18)7-4-8-16)11-5-3-6-12(15)9-11/h3,5-6,9H,4,7,10H2,1-2H3,(H,17,18). The summed E-state index contributed by atoms with van der Waals surface area (Å²) in [6.45, 7) is 4.29. The van der Waals surface area contributed by atoms with Crippen LogP contribution in [0.25, 0.3) is 0 Å². The van der Waals surface area contributed by atoms with Crippen molar-refractivity contribution in [3.05, 3.63) is 35.6 Å². The van der Waals surface area contributed by atoms with Crippen molar-refractivity contribution in [2.24, 2.45) is 0 Å². The highest BCUT2D eigenvalue weighted by Crippen LogP contribution is 2.22. The van der Waals surface area contributed by atoms with Gasteiger partial charge in [-0.2, -0.15) is 5.26 Å². The molecule has 4 heteroatoms. The number of nitrogens with zero attached hydrogens (tertiary/aromatic N) is 1. The van der Waals surface area contributed by atoms with Gasteiger partial charge in [0.15, 0.2) is 0 Å². The van der Waals surface area contributed by atoms with Gasteiger partial charge in [0.1, 0.15) is 5.82 Å². The summed E-state index contributed by atoms with van der Waals surface area (Å²) in [6, 6.07) is 8.29. The van der Waals surface area contributed by atoms with Crippen LogP contribution in [0.2, 0.25) is 0 Å². The van der Waals surface area contributed by atoms with Crippen molar-refractivity contribution in [3.8, 4) is 6.07 Å². The molecule has 1 N–H and O–H groups in total. The molecule has 3 nitrogen and oxygen atoms in total. The molecule has 0 aromatic heterocycles. The number of rotatable bonds is 5. The molecule has 1 rings (SSSR count). The predicted molar refractivity (Wildman–Crippen MR) is 67.3 cm³/mol. The maximum Gasteiger partial charge on any atom is 0.221 e. The zero-order valence-corrected chi connectivity index (χ0v) is 10.7. The smallest absolute Gasteiger partial charge is 0.221 e. The van der Waals surface area contributed by atoms with Gasteiger partial charge in [-0.1, -0.05) is 26.0 Å². The second-order valence-corrected chi connectivity index (χ2v) is 4.83. The van der Waals surface area contributed by atoms with E-state index in [1.165, 1.54) is 12.1 Å². The normalized spacial score (nSPS) is 10.8. The Labute approximate surface area is 107 Å². The average Bonchev–Trinajstić information content (AvgIpc) is 2.34. The topological polar surface area (TPSA) is 52.9 Å². The first kappa shape index (κ1) is 14.2. The molecule has 0 saturated carbocycles. The number of amides is 1. The van der Waals surface area contributed by atoms with E-state index >= 15 is 0 Å². The highest BCUT2D eigenvalue weighted by atomic mass is 19.1. The summed E-state index contributed by atoms with van der Waals surface area (Å²) in [5.41, 5.74) is 0.493. The average molecular weight is 248 g/mol. The van der Waals surface area contributed by atoms with E-state index in [4.69, 9.17) is 5.26 Å². The molecule has 0 aliphatic carbocycles. The summed E-state index contributed by atoms with van der Waals surface area (Å²) in [5.74, 6) is -0.433. The highest BCUT2D eigenvalue weighted by Gasteiger charge is 2.21. The van der Waals surface area contributed by atoms with E-state index < -0.39 is 0 Å². The molecule has 0 atom stereocenters. The third kappa shape index (κ3) is 4.17. The van der Waals surface area contributed by atoms with Gasteiger partial charge in [0.05, 0.1) is 6.07 Å². The van der Waals surface area contributed by atoms with Crippen LogP contribution in [0.4, 0.5) is 4.39 Å². The molecule has 0 heterocycles. The van der Waals surface area contributed by atoms with E-state index in [1.54, 1.807) is 6.07 Å². The summed E-state index contributed by atoms with van der Waals surface area (Å²) < 4.78 is 13.1. The summed E-state index contributed by atoms with van der Waals surface area (Å²) in [7, 11) is 0. The highest BCUT2D eigenvalue weighted by molar-refractivity contribution is 5.76. The van der Waals surface area contributed by atoms with E-state index in [0.717, 1.165) is 5.56 Å². The fraction of sp³-hybridized carbons (Fsp3) is 0.429. The summed E-state index contributed by atoms with van der Waals surface area (Å²) in [6.07, 6.45) is 0.419. The molecular formula is C14H17FN2O. The Kier molecular flexibility index (Phi) is 4.85. The molecule has 0 aliphatic rings. The largest absolute Gasteiger partial charge is 0.355 e. The molecule has 0 fully saturated rings. The Morgan fingerprint density at radius 2 is 2.22 bits per heavy atom. The maximum absolute atomic E-state index is 13.1. The number of carbonyl (C=O) groups excluding carboxylic acids is 1. The lowest BCUT2D eigenvalue weighted by Crippen LogP contribution is -2.36. The van der Waals surface area contributed by atoms with Crippen molar-refractivity contribution in [1.82, 2.24) is 5.32 Å². The molecule has 18 heavy (non-hydrogen) atoms. The van der Waals surface area contributed by atoms with Crippen molar-refractivity contribution >= 4 is 5.91 Å². The molecule has 96 valence electrons. The fourth-order valence-corrected chi connectivity index (χ4v) is 1.59. The minimum atomic E-state index is -0.343. The first-order chi connectivity index (χ1) is 8.45. The van der Waals surface area contributed by atoms with Gasteiger partial charge in [-0.15, -0.1) is 0 Å². The van der Waals surface area contributed by atoms with Gasteiger partial charge in [0.25, 0.3) is 0 Å². The molecule has 0 spiro atoms. The Balaban J connectivity index is 2.60. The Bertz CT molecular complexity index is 463. The number of benzene rings is 1. The van der Waals surface area contributed by atoms with Crippen LogP contribution in [0, 0.1) is 17.1 Å². The molecule has 0 saturated heterocycles. The lowest BCUT2D eigenvalue weighted by Gasteiger charge is -2.25. The maximum atomic E-state index is 13.1. The van der Waals surface area contributed by atoms with E-state index in [9.17, 15) is 9.18 Å². The van der Waals surface area contributed by atoms with Crippen molar-refractivity contribution in [3.63, 3.8) is 0 Å². The van der Waals surface area contributed by atoms with Crippen LogP contribution in [-0.2, 0) is 10.2 Å². The summed E-state index contributed by atoms with van der Waals surface area (Å²) in [5, 5.41) is 11.1. The van der Waals surface area contributed by atoms with Gasteiger partial charge < -0.3 is 5.32 Å². The van der Waals surface area contributed by atoms with Crippen LogP contribution in [0.15, 0.2) is 24.3 Å². The van der Waals surface area contributed by atoms with E-state index in [-0.39, 0.29) is 30.0 Å². The lowest BCUT2D eigenvalue weighted by molar-refractivity contribution is -0.121. The lowest BCUT2D eigenvalue weighted by atomic mass is 9.84. The molecule has 0 radical (unpaired) electrons. The van der Waals surface area contributed by atoms with Crippen molar-refractivity contribution < 1.29 is 9.18 Å². The summed E-state index contributed by atoms with van der Waals surface area (Å²) in [4.78, 5) is 11.4. The van der Waals surface area contributed by atoms with Gasteiger partial charge >= 0.3 is 0 Å². The van der Waals surface area contributed by atoms with Crippen LogP contribution < -0.4 is 5.32 Å². The zero-order chi connectivity index (χ0) is 13.6. The van der Waals surface area contributed by atoms with Crippen LogP contribution in [-0.4, -0.2) is 12.5 Å². The van der Waals surface area contributed by atoms with Crippen LogP contribution in [0.5, 0.6) is 0 Å². The number of nitriles is 1. The van der Waals surface area contributed by atoms with E-state index in [2.05, 4.69) is 5.32 Å². The van der Waals surface area contributed by atoms with Crippen LogP contribution in [0.1, 0.15) is 32.3 Å². The molecule has 1 aromatic rings. The fourth-order valence-electron chi connectivity index (χ4n) is 1.59. The molecule has 0 unspecified atom stereocenters. The minimum absolute atomic E-state index is 0.152. The Hall–Kier alpha value is -1.89. The van der Waals surface area contributed by atoms with Crippen molar-refractivity contribution in [1.29, 1.82) is 5.26 Å². The first-order valence-corrected chi connectivity index (χ1v) is 5.85. The quantitative estimate of drug-likeness (QED) is 0.870. The summed E-state index contributed by atoms with van der Waals surface area (Å²) >= 11 is 0. The Morgan fingerprint density at radius 1 is 1.50 bits per heavy atom. The van der Waals surface area contributed by atoms with Gasteiger partial charge in [0, 0.05) is 24.8 Å². The number of nitrogens with one attached hydrogen (secondary N) is 1. The van der Waals surface area contributed by atoms with Gasteiger partial charge in [-0.25, -0.2) is 4.39 Å². The monoisotopic (exact) mass is 248 g/mol. The molecule has 0 aliphatic heterocycles. The van der Waals surface area contributed by atoms with E-state index in [0.29, 0.717) is 6.54 Å². The minimum Gasteiger partial charge on any atom is -0.355 e. The van der Waals surface area contributed by atoms with Crippen LogP contribution in [0.3, 0.4) is 0 Å². The number of carbonyl (C=O) groups is 1. The van der Waals surface area contributed by atoms with Gasteiger partial charge in [-0.3, -0.25) is 4.79 Å². The third-order valence-corrected chi connectivity index (χ3v) is 2.80.